The predicted octanol–water partition coefficient (Wildman–Crippen LogP) is 1.54. The maximum atomic E-state index is 8.86. The van der Waals surface area contributed by atoms with Gasteiger partial charge in [-0.1, -0.05) is 0 Å². The molecule has 0 aromatic carbocycles. The van der Waals surface area contributed by atoms with Crippen molar-refractivity contribution in [3.63, 3.8) is 0 Å². The van der Waals surface area contributed by atoms with Gasteiger partial charge in [0.15, 0.2) is 0 Å². The first kappa shape index (κ1) is 10.8. The molecule has 4 nitrogen and oxygen atoms in total. The number of aromatic nitrogens is 2. The molecule has 0 aliphatic heterocycles. The van der Waals surface area contributed by atoms with Crippen molar-refractivity contribution in [2.24, 2.45) is 0 Å². The smallest absolute Gasteiger partial charge is 0.135 e. The van der Waals surface area contributed by atoms with Crippen molar-refractivity contribution in [3.05, 3.63) is 16.5 Å². The van der Waals surface area contributed by atoms with Crippen LogP contribution < -0.4 is 4.90 Å². The zero-order valence-electron chi connectivity index (χ0n) is 8.65. The Morgan fingerprint density at radius 3 is 2.87 bits per heavy atom. The van der Waals surface area contributed by atoms with Crippen LogP contribution in [0.4, 0.5) is 5.82 Å². The quantitative estimate of drug-likeness (QED) is 0.845. The van der Waals surface area contributed by atoms with E-state index in [0.717, 1.165) is 16.2 Å². The van der Waals surface area contributed by atoms with Crippen LogP contribution >= 0.6 is 15.9 Å². The number of hydrogen-bond acceptors (Lipinski definition) is 4. The van der Waals surface area contributed by atoms with E-state index in [9.17, 15) is 0 Å². The summed E-state index contributed by atoms with van der Waals surface area (Å²) in [5, 5.41) is 8.86. The molecule has 1 aliphatic rings. The van der Waals surface area contributed by atoms with Gasteiger partial charge in [-0.25, -0.2) is 9.97 Å². The van der Waals surface area contributed by atoms with Crippen LogP contribution in [0.2, 0.25) is 0 Å². The minimum Gasteiger partial charge on any atom is -0.395 e. The second-order valence-corrected chi connectivity index (χ2v) is 4.64. The average Bonchev–Trinajstić information content (AvgIpc) is 3.00. The van der Waals surface area contributed by atoms with Crippen LogP contribution in [-0.2, 0) is 0 Å². The van der Waals surface area contributed by atoms with E-state index in [0.29, 0.717) is 12.5 Å². The molecule has 0 saturated heterocycles. The fraction of sp³-hybridized carbons (Fsp3) is 0.600. The van der Waals surface area contributed by atoms with Crippen molar-refractivity contribution in [1.82, 2.24) is 9.97 Å². The average molecular weight is 272 g/mol. The highest BCUT2D eigenvalue weighted by Gasteiger charge is 2.27. The number of likely N-dealkylation sites (N-methyl/N-ethyl adjacent to an activating group) is 1. The molecule has 0 spiro atoms. The standard InChI is InChI=1S/C10H14BrN3O/c1-14(4-5-15)9-6-8(11)12-10(13-9)7-2-3-7/h6-7,15H,2-5H2,1H3. The lowest BCUT2D eigenvalue weighted by molar-refractivity contribution is 0.304. The van der Waals surface area contributed by atoms with E-state index >= 15 is 0 Å². The first-order valence-corrected chi connectivity index (χ1v) is 5.86. The van der Waals surface area contributed by atoms with Crippen LogP contribution in [0.15, 0.2) is 10.7 Å². The zero-order chi connectivity index (χ0) is 10.8. The van der Waals surface area contributed by atoms with Crippen molar-refractivity contribution in [3.8, 4) is 0 Å². The van der Waals surface area contributed by atoms with E-state index in [-0.39, 0.29) is 6.61 Å². The zero-order valence-corrected chi connectivity index (χ0v) is 10.2. The summed E-state index contributed by atoms with van der Waals surface area (Å²) < 4.78 is 0.819. The van der Waals surface area contributed by atoms with Gasteiger partial charge in [0.05, 0.1) is 6.61 Å². The summed E-state index contributed by atoms with van der Waals surface area (Å²) in [7, 11) is 1.92. The number of aliphatic hydroxyl groups excluding tert-OH is 1. The summed E-state index contributed by atoms with van der Waals surface area (Å²) in [5.41, 5.74) is 0. The number of aliphatic hydroxyl groups is 1. The van der Waals surface area contributed by atoms with Gasteiger partial charge in [-0.05, 0) is 28.8 Å². The summed E-state index contributed by atoms with van der Waals surface area (Å²) in [4.78, 5) is 10.8. The van der Waals surface area contributed by atoms with Gasteiger partial charge >= 0.3 is 0 Å². The molecular formula is C10H14BrN3O. The van der Waals surface area contributed by atoms with Crippen molar-refractivity contribution in [2.75, 3.05) is 25.1 Å². The third-order valence-electron chi connectivity index (χ3n) is 2.47. The first-order valence-electron chi connectivity index (χ1n) is 5.07. The van der Waals surface area contributed by atoms with Gasteiger partial charge in [-0.3, -0.25) is 0 Å². The molecule has 1 aliphatic carbocycles. The molecule has 15 heavy (non-hydrogen) atoms. The van der Waals surface area contributed by atoms with E-state index in [1.165, 1.54) is 12.8 Å². The Kier molecular flexibility index (Phi) is 3.21. The van der Waals surface area contributed by atoms with Crippen LogP contribution in [0.1, 0.15) is 24.6 Å². The van der Waals surface area contributed by atoms with Gasteiger partial charge in [0.1, 0.15) is 16.2 Å². The molecule has 2 rings (SSSR count). The van der Waals surface area contributed by atoms with Crippen LogP contribution in [0.3, 0.4) is 0 Å². The van der Waals surface area contributed by atoms with Gasteiger partial charge in [0.2, 0.25) is 0 Å². The lowest BCUT2D eigenvalue weighted by Crippen LogP contribution is -2.22. The van der Waals surface area contributed by atoms with Gasteiger partial charge in [0, 0.05) is 25.6 Å². The summed E-state index contributed by atoms with van der Waals surface area (Å²) in [6.45, 7) is 0.727. The maximum Gasteiger partial charge on any atom is 0.135 e. The molecule has 1 fully saturated rings. The van der Waals surface area contributed by atoms with E-state index in [1.807, 2.05) is 18.0 Å². The molecule has 1 heterocycles. The van der Waals surface area contributed by atoms with Gasteiger partial charge in [-0.2, -0.15) is 0 Å². The molecule has 1 saturated carbocycles. The Hall–Kier alpha value is -0.680. The van der Waals surface area contributed by atoms with Crippen LogP contribution in [0.5, 0.6) is 0 Å². The van der Waals surface area contributed by atoms with Gasteiger partial charge in [-0.15, -0.1) is 0 Å². The van der Waals surface area contributed by atoms with Crippen molar-refractivity contribution < 1.29 is 5.11 Å². The Balaban J connectivity index is 2.22. The number of rotatable bonds is 4. The van der Waals surface area contributed by atoms with Gasteiger partial charge < -0.3 is 10.0 Å². The SMILES string of the molecule is CN(CCO)c1cc(Br)nc(C2CC2)n1. The molecular weight excluding hydrogens is 258 g/mol. The minimum absolute atomic E-state index is 0.136. The number of halogens is 1. The summed E-state index contributed by atoms with van der Waals surface area (Å²) >= 11 is 3.39. The molecule has 1 aromatic heterocycles. The van der Waals surface area contributed by atoms with E-state index < -0.39 is 0 Å². The highest BCUT2D eigenvalue weighted by atomic mass is 79.9. The summed E-state index contributed by atoms with van der Waals surface area (Å²) in [5.74, 6) is 2.33. The van der Waals surface area contributed by atoms with Gasteiger partial charge in [0.25, 0.3) is 0 Å². The first-order chi connectivity index (χ1) is 7.20. The molecule has 0 amide bonds. The van der Waals surface area contributed by atoms with Crippen LogP contribution in [-0.4, -0.2) is 35.3 Å². The lowest BCUT2D eigenvalue weighted by atomic mass is 10.4. The van der Waals surface area contributed by atoms with Crippen LogP contribution in [0, 0.1) is 0 Å². The fourth-order valence-electron chi connectivity index (χ4n) is 1.41. The number of anilines is 1. The molecule has 0 atom stereocenters. The molecule has 0 bridgehead atoms. The molecule has 82 valence electrons. The van der Waals surface area contributed by atoms with Crippen molar-refractivity contribution in [1.29, 1.82) is 0 Å². The Morgan fingerprint density at radius 2 is 2.27 bits per heavy atom. The molecule has 1 aromatic rings. The monoisotopic (exact) mass is 271 g/mol. The second kappa shape index (κ2) is 4.45. The van der Waals surface area contributed by atoms with E-state index in [4.69, 9.17) is 5.11 Å². The van der Waals surface area contributed by atoms with Crippen LogP contribution in [0.25, 0.3) is 0 Å². The second-order valence-electron chi connectivity index (χ2n) is 3.83. The summed E-state index contributed by atoms with van der Waals surface area (Å²) in [6.07, 6.45) is 2.39. The van der Waals surface area contributed by atoms with E-state index in [1.54, 1.807) is 0 Å². The Morgan fingerprint density at radius 1 is 1.53 bits per heavy atom. The Labute approximate surface area is 97.5 Å². The highest BCUT2D eigenvalue weighted by Crippen LogP contribution is 2.38. The topological polar surface area (TPSA) is 49.2 Å². The normalized spacial score (nSPS) is 15.4. The third kappa shape index (κ3) is 2.66. The molecule has 5 heteroatoms. The van der Waals surface area contributed by atoms with E-state index in [2.05, 4.69) is 25.9 Å². The van der Waals surface area contributed by atoms with Crippen molar-refractivity contribution >= 4 is 21.7 Å². The minimum atomic E-state index is 0.136. The van der Waals surface area contributed by atoms with Crippen molar-refractivity contribution in [2.45, 2.75) is 18.8 Å². The predicted molar refractivity (Wildman–Crippen MR) is 62.1 cm³/mol. The maximum absolute atomic E-state index is 8.86. The number of hydrogen-bond donors (Lipinski definition) is 1. The highest BCUT2D eigenvalue weighted by molar-refractivity contribution is 9.10. The Bertz CT molecular complexity index is 355. The number of nitrogens with zero attached hydrogens (tertiary/aromatic N) is 3. The fourth-order valence-corrected chi connectivity index (χ4v) is 1.79. The lowest BCUT2D eigenvalue weighted by Gasteiger charge is -2.17. The largest absolute Gasteiger partial charge is 0.395 e. The molecule has 0 unspecified atom stereocenters. The molecule has 0 radical (unpaired) electrons. The summed E-state index contributed by atoms with van der Waals surface area (Å²) in [6, 6.07) is 1.88. The molecule has 1 N–H and O–H groups in total. The third-order valence-corrected chi connectivity index (χ3v) is 2.87.